The first-order valence-electron chi connectivity index (χ1n) is 6.46. The number of hydrogen-bond donors (Lipinski definition) is 1. The van der Waals surface area contributed by atoms with E-state index in [1.54, 1.807) is 0 Å². The summed E-state index contributed by atoms with van der Waals surface area (Å²) in [7, 11) is 1.45. The van der Waals surface area contributed by atoms with Crippen molar-refractivity contribution in [3.63, 3.8) is 0 Å². The van der Waals surface area contributed by atoms with Gasteiger partial charge in [-0.25, -0.2) is 0 Å². The quantitative estimate of drug-likeness (QED) is 0.620. The van der Waals surface area contributed by atoms with E-state index in [1.165, 1.54) is 25.3 Å². The monoisotopic (exact) mass is 282 g/mol. The second kappa shape index (κ2) is 6.53. The third-order valence-electron chi connectivity index (χ3n) is 3.27. The summed E-state index contributed by atoms with van der Waals surface area (Å²) in [6.07, 6.45) is 0.546. The summed E-state index contributed by atoms with van der Waals surface area (Å²) in [5, 5.41) is 20.1. The zero-order chi connectivity index (χ0) is 14.5. The van der Waals surface area contributed by atoms with Gasteiger partial charge in [0.15, 0.2) is 11.5 Å². The minimum Gasteiger partial charge on any atom is -0.493 e. The fraction of sp³-hybridized carbons (Fsp3) is 0.538. The number of nitro groups is 1. The van der Waals surface area contributed by atoms with Crippen molar-refractivity contribution >= 4 is 5.69 Å². The van der Waals surface area contributed by atoms with E-state index in [1.807, 2.05) is 0 Å². The van der Waals surface area contributed by atoms with Crippen molar-refractivity contribution in [3.05, 3.63) is 28.3 Å². The summed E-state index contributed by atoms with van der Waals surface area (Å²) in [6, 6.07) is 4.27. The Morgan fingerprint density at radius 2 is 2.30 bits per heavy atom. The number of nitrogens with zero attached hydrogens (tertiary/aromatic N) is 2. The highest BCUT2D eigenvalue weighted by Gasteiger charge is 2.20. The molecule has 1 aromatic carbocycles. The Morgan fingerprint density at radius 3 is 2.90 bits per heavy atom. The van der Waals surface area contributed by atoms with Crippen LogP contribution in [0.4, 0.5) is 5.69 Å². The van der Waals surface area contributed by atoms with Gasteiger partial charge < -0.3 is 14.6 Å². The molecule has 1 heterocycles. The van der Waals surface area contributed by atoms with E-state index in [0.717, 1.165) is 13.0 Å². The SMILES string of the molecule is COc1cc([N+](=O)[O-])ccc1OCCN1CC[C@@H](O)C1. The molecule has 7 nitrogen and oxygen atoms in total. The molecule has 0 radical (unpaired) electrons. The predicted molar refractivity (Wildman–Crippen MR) is 72.2 cm³/mol. The molecule has 0 amide bonds. The molecule has 110 valence electrons. The molecule has 0 saturated carbocycles. The smallest absolute Gasteiger partial charge is 0.273 e. The van der Waals surface area contributed by atoms with Gasteiger partial charge in [0.25, 0.3) is 5.69 Å². The molecule has 0 bridgehead atoms. The van der Waals surface area contributed by atoms with Crippen LogP contribution in [0.25, 0.3) is 0 Å². The van der Waals surface area contributed by atoms with E-state index >= 15 is 0 Å². The van der Waals surface area contributed by atoms with Crippen molar-refractivity contribution in [1.29, 1.82) is 0 Å². The highest BCUT2D eigenvalue weighted by Crippen LogP contribution is 2.31. The van der Waals surface area contributed by atoms with Crippen LogP contribution in [0.5, 0.6) is 11.5 Å². The Bertz CT molecular complexity index is 480. The van der Waals surface area contributed by atoms with Crippen LogP contribution in [-0.4, -0.2) is 54.4 Å². The number of likely N-dealkylation sites (tertiary alicyclic amines) is 1. The number of aliphatic hydroxyl groups is 1. The molecule has 1 aliphatic heterocycles. The number of hydrogen-bond acceptors (Lipinski definition) is 6. The van der Waals surface area contributed by atoms with Crippen LogP contribution in [0.15, 0.2) is 18.2 Å². The van der Waals surface area contributed by atoms with Crippen molar-refractivity contribution in [2.75, 3.05) is 33.4 Å². The average Bonchev–Trinajstić information content (AvgIpc) is 2.84. The van der Waals surface area contributed by atoms with Crippen LogP contribution in [-0.2, 0) is 0 Å². The highest BCUT2D eigenvalue weighted by molar-refractivity contribution is 5.48. The van der Waals surface area contributed by atoms with E-state index in [-0.39, 0.29) is 11.8 Å². The lowest BCUT2D eigenvalue weighted by molar-refractivity contribution is -0.384. The normalized spacial score (nSPS) is 19.0. The van der Waals surface area contributed by atoms with Gasteiger partial charge in [0.05, 0.1) is 24.2 Å². The minimum absolute atomic E-state index is 0.0307. The van der Waals surface area contributed by atoms with E-state index in [2.05, 4.69) is 4.90 Å². The third kappa shape index (κ3) is 3.58. The molecule has 0 aromatic heterocycles. The number of rotatable bonds is 6. The van der Waals surface area contributed by atoms with Crippen LogP contribution in [0.2, 0.25) is 0 Å². The summed E-state index contributed by atoms with van der Waals surface area (Å²) in [5.74, 6) is 0.832. The van der Waals surface area contributed by atoms with Gasteiger partial charge in [0.1, 0.15) is 6.61 Å². The van der Waals surface area contributed by atoms with Crippen LogP contribution in [0.3, 0.4) is 0 Å². The third-order valence-corrected chi connectivity index (χ3v) is 3.27. The van der Waals surface area contributed by atoms with E-state index in [4.69, 9.17) is 9.47 Å². The number of ether oxygens (including phenoxy) is 2. The van der Waals surface area contributed by atoms with Crippen LogP contribution in [0.1, 0.15) is 6.42 Å². The van der Waals surface area contributed by atoms with Crippen molar-refractivity contribution in [1.82, 2.24) is 4.90 Å². The summed E-state index contributed by atoms with van der Waals surface area (Å²) in [4.78, 5) is 12.3. The van der Waals surface area contributed by atoms with Gasteiger partial charge in [-0.15, -0.1) is 0 Å². The molecule has 2 rings (SSSR count). The maximum atomic E-state index is 10.7. The first kappa shape index (κ1) is 14.5. The molecule has 1 aromatic rings. The topological polar surface area (TPSA) is 85.1 Å². The molecule has 0 aliphatic carbocycles. The number of benzene rings is 1. The molecule has 7 heteroatoms. The number of β-amino-alcohol motifs (C(OH)–C–C–N with tert-alkyl or cyclic N) is 1. The molecule has 20 heavy (non-hydrogen) atoms. The van der Waals surface area contributed by atoms with Crippen molar-refractivity contribution in [3.8, 4) is 11.5 Å². The molecular weight excluding hydrogens is 264 g/mol. The standard InChI is InChI=1S/C13H18N2O5/c1-19-13-8-10(15(17)18)2-3-12(13)20-7-6-14-5-4-11(16)9-14/h2-3,8,11,16H,4-7,9H2,1H3/t11-/m1/s1. The van der Waals surface area contributed by atoms with Crippen LogP contribution in [0, 0.1) is 10.1 Å². The fourth-order valence-electron chi connectivity index (χ4n) is 2.19. The number of non-ortho nitro benzene ring substituents is 1. The second-order valence-electron chi connectivity index (χ2n) is 4.68. The average molecular weight is 282 g/mol. The Kier molecular flexibility index (Phi) is 4.75. The predicted octanol–water partition coefficient (Wildman–Crippen LogP) is 1.05. The van der Waals surface area contributed by atoms with Crippen molar-refractivity contribution in [2.24, 2.45) is 0 Å². The first-order chi connectivity index (χ1) is 9.60. The number of nitro benzene ring substituents is 1. The lowest BCUT2D eigenvalue weighted by atomic mass is 10.3. The van der Waals surface area contributed by atoms with Gasteiger partial charge in [-0.3, -0.25) is 15.0 Å². The summed E-state index contributed by atoms with van der Waals surface area (Å²) >= 11 is 0. The Balaban J connectivity index is 1.90. The highest BCUT2D eigenvalue weighted by atomic mass is 16.6. The molecule has 1 saturated heterocycles. The largest absolute Gasteiger partial charge is 0.493 e. The van der Waals surface area contributed by atoms with Crippen molar-refractivity contribution < 1.29 is 19.5 Å². The lowest BCUT2D eigenvalue weighted by Crippen LogP contribution is -2.27. The number of aliphatic hydroxyl groups excluding tert-OH is 1. The maximum Gasteiger partial charge on any atom is 0.273 e. The first-order valence-corrected chi connectivity index (χ1v) is 6.46. The van der Waals surface area contributed by atoms with E-state index in [0.29, 0.717) is 31.2 Å². The Labute approximate surface area is 116 Å². The molecular formula is C13H18N2O5. The molecule has 1 atom stereocenters. The van der Waals surface area contributed by atoms with Gasteiger partial charge in [-0.2, -0.15) is 0 Å². The molecule has 0 unspecified atom stereocenters. The summed E-state index contributed by atoms with van der Waals surface area (Å²) in [5.41, 5.74) is -0.0307. The molecule has 1 fully saturated rings. The summed E-state index contributed by atoms with van der Waals surface area (Å²) < 4.78 is 10.7. The van der Waals surface area contributed by atoms with Gasteiger partial charge in [-0.05, 0) is 12.5 Å². The van der Waals surface area contributed by atoms with Gasteiger partial charge in [-0.1, -0.05) is 0 Å². The maximum absolute atomic E-state index is 10.7. The van der Waals surface area contributed by atoms with Gasteiger partial charge >= 0.3 is 0 Å². The van der Waals surface area contributed by atoms with Gasteiger partial charge in [0, 0.05) is 25.7 Å². The van der Waals surface area contributed by atoms with Crippen LogP contribution < -0.4 is 9.47 Å². The van der Waals surface area contributed by atoms with Crippen LogP contribution >= 0.6 is 0 Å². The zero-order valence-electron chi connectivity index (χ0n) is 11.3. The second-order valence-corrected chi connectivity index (χ2v) is 4.68. The van der Waals surface area contributed by atoms with Gasteiger partial charge in [0.2, 0.25) is 0 Å². The zero-order valence-corrected chi connectivity index (χ0v) is 11.3. The fourth-order valence-corrected chi connectivity index (χ4v) is 2.19. The minimum atomic E-state index is -0.474. The summed E-state index contributed by atoms with van der Waals surface area (Å²) in [6.45, 7) is 2.68. The number of methoxy groups -OCH3 is 1. The van der Waals surface area contributed by atoms with E-state index < -0.39 is 4.92 Å². The van der Waals surface area contributed by atoms with Crippen molar-refractivity contribution in [2.45, 2.75) is 12.5 Å². The Hall–Kier alpha value is -1.86. The van der Waals surface area contributed by atoms with E-state index in [9.17, 15) is 15.2 Å². The molecule has 0 spiro atoms. The Morgan fingerprint density at radius 1 is 1.50 bits per heavy atom. The molecule has 1 N–H and O–H groups in total. The molecule has 1 aliphatic rings. The lowest BCUT2D eigenvalue weighted by Gasteiger charge is -2.16.